The van der Waals surface area contributed by atoms with Crippen LogP contribution in [0.5, 0.6) is 0 Å². The molecule has 2 aromatic rings. The van der Waals surface area contributed by atoms with E-state index in [0.717, 1.165) is 38.1 Å². The van der Waals surface area contributed by atoms with Crippen molar-refractivity contribution in [3.63, 3.8) is 0 Å². The number of hydrogen-bond acceptors (Lipinski definition) is 5. The molecule has 5 nitrogen and oxygen atoms in total. The molecule has 2 fully saturated rings. The lowest BCUT2D eigenvalue weighted by Gasteiger charge is -2.39. The van der Waals surface area contributed by atoms with Gasteiger partial charge in [-0.15, -0.1) is 0 Å². The molecule has 0 aromatic carbocycles. The molecule has 0 unspecified atom stereocenters. The van der Waals surface area contributed by atoms with E-state index in [1.54, 1.807) is 6.20 Å². The normalized spacial score (nSPS) is 27.1. The lowest BCUT2D eigenvalue weighted by atomic mass is 10.1. The maximum atomic E-state index is 6.16. The number of aromatic nitrogens is 2. The molecule has 0 spiro atoms. The van der Waals surface area contributed by atoms with E-state index in [1.807, 2.05) is 24.7 Å². The maximum absolute atomic E-state index is 6.16. The van der Waals surface area contributed by atoms with Gasteiger partial charge in [0.2, 0.25) is 0 Å². The van der Waals surface area contributed by atoms with Gasteiger partial charge in [0.25, 0.3) is 0 Å². The van der Waals surface area contributed by atoms with E-state index in [2.05, 4.69) is 33.1 Å². The lowest BCUT2D eigenvalue weighted by molar-refractivity contribution is -0.118. The second-order valence-electron chi connectivity index (χ2n) is 6.52. The molecular formula is C19H23N3O2. The Kier molecular flexibility index (Phi) is 4.83. The molecule has 4 rings (SSSR count). The molecule has 1 aliphatic heterocycles. The summed E-state index contributed by atoms with van der Waals surface area (Å²) in [6.07, 6.45) is 9.92. The molecule has 3 heterocycles. The fourth-order valence-electron chi connectivity index (χ4n) is 3.78. The van der Waals surface area contributed by atoms with Crippen LogP contribution in [0.4, 0.5) is 0 Å². The van der Waals surface area contributed by atoms with Gasteiger partial charge in [0.05, 0.1) is 25.4 Å². The van der Waals surface area contributed by atoms with Gasteiger partial charge < -0.3 is 9.47 Å². The van der Waals surface area contributed by atoms with Crippen molar-refractivity contribution in [1.29, 1.82) is 0 Å². The van der Waals surface area contributed by atoms with Gasteiger partial charge in [0, 0.05) is 43.9 Å². The molecule has 5 heteroatoms. The fraction of sp³-hybridized carbons (Fsp3) is 0.474. The Balaban J connectivity index is 1.37. The summed E-state index contributed by atoms with van der Waals surface area (Å²) in [5.74, 6) is 0. The zero-order chi connectivity index (χ0) is 16.2. The first-order valence-electron chi connectivity index (χ1n) is 8.65. The van der Waals surface area contributed by atoms with Gasteiger partial charge in [-0.2, -0.15) is 0 Å². The number of nitrogens with zero attached hydrogens (tertiary/aromatic N) is 3. The minimum atomic E-state index is 0.176. The van der Waals surface area contributed by atoms with Crippen LogP contribution in [0.2, 0.25) is 0 Å². The average Bonchev–Trinajstić information content (AvgIpc) is 3.06. The van der Waals surface area contributed by atoms with Crippen molar-refractivity contribution in [2.45, 2.75) is 44.2 Å². The van der Waals surface area contributed by atoms with E-state index in [-0.39, 0.29) is 12.2 Å². The van der Waals surface area contributed by atoms with Crippen molar-refractivity contribution in [2.24, 2.45) is 0 Å². The monoisotopic (exact) mass is 325 g/mol. The summed E-state index contributed by atoms with van der Waals surface area (Å²) in [6.45, 7) is 3.33. The molecule has 0 bridgehead atoms. The molecule has 0 amide bonds. The van der Waals surface area contributed by atoms with Crippen LogP contribution in [0, 0.1) is 0 Å². The molecular weight excluding hydrogens is 302 g/mol. The minimum absolute atomic E-state index is 0.176. The predicted molar refractivity (Wildman–Crippen MR) is 90.2 cm³/mol. The summed E-state index contributed by atoms with van der Waals surface area (Å²) in [4.78, 5) is 10.8. The molecule has 1 saturated heterocycles. The van der Waals surface area contributed by atoms with Crippen LogP contribution in [0.1, 0.15) is 24.0 Å². The number of morpholine rings is 1. The van der Waals surface area contributed by atoms with Crippen LogP contribution in [-0.4, -0.2) is 46.3 Å². The molecule has 1 aliphatic carbocycles. The summed E-state index contributed by atoms with van der Waals surface area (Å²) >= 11 is 0. The largest absolute Gasteiger partial charge is 0.373 e. The summed E-state index contributed by atoms with van der Waals surface area (Å²) in [6, 6.07) is 8.64. The molecule has 126 valence electrons. The van der Waals surface area contributed by atoms with Crippen LogP contribution >= 0.6 is 0 Å². The Morgan fingerprint density at radius 3 is 2.83 bits per heavy atom. The second kappa shape index (κ2) is 7.38. The van der Waals surface area contributed by atoms with Gasteiger partial charge in [0.1, 0.15) is 0 Å². The van der Waals surface area contributed by atoms with Crippen LogP contribution in [-0.2, 0) is 22.6 Å². The van der Waals surface area contributed by atoms with Crippen LogP contribution in [0.25, 0.3) is 0 Å². The molecule has 0 N–H and O–H groups in total. The Morgan fingerprint density at radius 2 is 2.00 bits per heavy atom. The minimum Gasteiger partial charge on any atom is -0.373 e. The van der Waals surface area contributed by atoms with E-state index in [9.17, 15) is 0 Å². The molecule has 3 atom stereocenters. The summed E-state index contributed by atoms with van der Waals surface area (Å²) in [5.41, 5.74) is 2.43. The number of ether oxygens (including phenoxy) is 2. The Morgan fingerprint density at radius 1 is 1.08 bits per heavy atom. The Labute approximate surface area is 142 Å². The van der Waals surface area contributed by atoms with Gasteiger partial charge in [-0.3, -0.25) is 14.9 Å². The summed E-state index contributed by atoms with van der Waals surface area (Å²) < 4.78 is 12.2. The van der Waals surface area contributed by atoms with E-state index in [0.29, 0.717) is 12.6 Å². The fourth-order valence-corrected chi connectivity index (χ4v) is 3.78. The molecule has 2 aromatic heterocycles. The van der Waals surface area contributed by atoms with Gasteiger partial charge in [-0.05, 0) is 42.2 Å². The highest BCUT2D eigenvalue weighted by Gasteiger charge is 2.43. The van der Waals surface area contributed by atoms with Crippen LogP contribution in [0.15, 0.2) is 49.1 Å². The molecule has 0 radical (unpaired) electrons. The van der Waals surface area contributed by atoms with Crippen molar-refractivity contribution in [1.82, 2.24) is 14.9 Å². The molecule has 24 heavy (non-hydrogen) atoms. The maximum Gasteiger partial charge on any atom is 0.0992 e. The van der Waals surface area contributed by atoms with Crippen molar-refractivity contribution in [3.8, 4) is 0 Å². The third-order valence-corrected chi connectivity index (χ3v) is 4.97. The highest BCUT2D eigenvalue weighted by atomic mass is 16.5. The highest BCUT2D eigenvalue weighted by Crippen LogP contribution is 2.33. The summed E-state index contributed by atoms with van der Waals surface area (Å²) in [5, 5.41) is 0. The third kappa shape index (κ3) is 3.48. The zero-order valence-corrected chi connectivity index (χ0v) is 13.8. The number of pyridine rings is 2. The van der Waals surface area contributed by atoms with Crippen LogP contribution < -0.4 is 0 Å². The molecule has 2 aliphatic rings. The number of hydrogen-bond donors (Lipinski definition) is 0. The average molecular weight is 325 g/mol. The zero-order valence-electron chi connectivity index (χ0n) is 13.8. The van der Waals surface area contributed by atoms with E-state index in [4.69, 9.17) is 9.47 Å². The standard InChI is InChI=1S/C19H23N3O2/c1-2-16(12-21-7-1)14-24-18-4-3-17-19(18)23-11-10-22(17)13-15-5-8-20-9-6-15/h1-2,5-9,12,17-19H,3-4,10-11,13-14H2/t17-,18-,19-/m1/s1. The quantitative estimate of drug-likeness (QED) is 0.845. The first-order chi connectivity index (χ1) is 11.9. The smallest absolute Gasteiger partial charge is 0.0992 e. The Bertz CT molecular complexity index is 638. The topological polar surface area (TPSA) is 47.5 Å². The van der Waals surface area contributed by atoms with E-state index in [1.165, 1.54) is 5.56 Å². The van der Waals surface area contributed by atoms with Crippen molar-refractivity contribution in [3.05, 3.63) is 60.2 Å². The van der Waals surface area contributed by atoms with Gasteiger partial charge >= 0.3 is 0 Å². The SMILES string of the molecule is c1cncc(CO[C@@H]2CC[C@@H]3[C@H]2OCCN3Cc2ccncc2)c1. The molecule has 1 saturated carbocycles. The number of rotatable bonds is 5. The first kappa shape index (κ1) is 15.7. The number of fused-ring (bicyclic) bond motifs is 1. The van der Waals surface area contributed by atoms with E-state index >= 15 is 0 Å². The summed E-state index contributed by atoms with van der Waals surface area (Å²) in [7, 11) is 0. The van der Waals surface area contributed by atoms with Crippen molar-refractivity contribution >= 4 is 0 Å². The van der Waals surface area contributed by atoms with Crippen molar-refractivity contribution < 1.29 is 9.47 Å². The third-order valence-electron chi connectivity index (χ3n) is 4.97. The van der Waals surface area contributed by atoms with E-state index < -0.39 is 0 Å². The highest BCUT2D eigenvalue weighted by molar-refractivity contribution is 5.11. The lowest BCUT2D eigenvalue weighted by Crippen LogP contribution is -2.51. The van der Waals surface area contributed by atoms with Gasteiger partial charge in [-0.25, -0.2) is 0 Å². The van der Waals surface area contributed by atoms with Crippen LogP contribution in [0.3, 0.4) is 0 Å². The first-order valence-corrected chi connectivity index (χ1v) is 8.65. The Hall–Kier alpha value is -1.82. The van der Waals surface area contributed by atoms with Gasteiger partial charge in [-0.1, -0.05) is 6.07 Å². The second-order valence-corrected chi connectivity index (χ2v) is 6.52. The van der Waals surface area contributed by atoms with Crippen molar-refractivity contribution in [2.75, 3.05) is 13.2 Å². The van der Waals surface area contributed by atoms with Gasteiger partial charge in [0.15, 0.2) is 0 Å². The predicted octanol–water partition coefficient (Wildman–Crippen LogP) is 2.43.